The third-order valence-electron chi connectivity index (χ3n) is 14.6. The summed E-state index contributed by atoms with van der Waals surface area (Å²) in [6.07, 6.45) is 2.61. The predicted octanol–water partition coefficient (Wildman–Crippen LogP) is 13.2. The highest BCUT2D eigenvalue weighted by atomic mass is 127. The molecule has 466 valence electrons. The molecule has 88 heavy (non-hydrogen) atoms. The molecular weight excluding hydrogens is 1250 g/mol. The number of amides is 3. The van der Waals surface area contributed by atoms with Crippen molar-refractivity contribution in [2.75, 3.05) is 70.6 Å². The number of rotatable bonds is 15. The van der Waals surface area contributed by atoms with Gasteiger partial charge in [0, 0.05) is 92.2 Å². The molecule has 2 fully saturated rings. The van der Waals surface area contributed by atoms with Crippen LogP contribution in [0.2, 0.25) is 0 Å². The first kappa shape index (κ1) is 63.9. The molecule has 0 spiro atoms. The Morgan fingerprint density at radius 1 is 0.602 bits per heavy atom. The molecule has 21 nitrogen and oxygen atoms in total. The lowest BCUT2D eigenvalue weighted by molar-refractivity contribution is -0.137. The van der Waals surface area contributed by atoms with Crippen LogP contribution in [0, 0.1) is 3.70 Å². The molecule has 2 saturated heterocycles. The Kier molecular flexibility index (Phi) is 19.7. The average Bonchev–Trinajstić information content (AvgIpc) is 1.70. The van der Waals surface area contributed by atoms with Crippen molar-refractivity contribution in [2.45, 2.75) is 110 Å². The molecule has 0 aliphatic carbocycles. The van der Waals surface area contributed by atoms with Gasteiger partial charge in [0.15, 0.2) is 0 Å². The lowest BCUT2D eigenvalue weighted by Gasteiger charge is -2.34. The summed E-state index contributed by atoms with van der Waals surface area (Å²) in [7, 11) is 6.46. The van der Waals surface area contributed by atoms with Gasteiger partial charge in [-0.1, -0.05) is 12.1 Å². The molecule has 0 radical (unpaired) electrons. The van der Waals surface area contributed by atoms with Crippen molar-refractivity contribution in [3.8, 4) is 34.3 Å². The summed E-state index contributed by atoms with van der Waals surface area (Å²) in [4.78, 5) is 55.4. The SMILES string of the molecule is COc1ccc(CNc2nccc3c2c(-c2ccc(C(=O)Nc4cc(C(F)(F)F)ccn4)cc2)nn3[C@@H]2CCCN(C(=O)OC(C)(C)C)C2)c(OC)c1.COc1ccc(CNc2nccc3c2c(I)nn3[C@@H]2CCCN(C(=O)OC(C)(C)C)C2)c(OC)c1. The summed E-state index contributed by atoms with van der Waals surface area (Å²) >= 11 is 2.26. The number of ether oxygens (including phenoxy) is 6. The van der Waals surface area contributed by atoms with Crippen LogP contribution < -0.4 is 34.9 Å². The first-order valence-electron chi connectivity index (χ1n) is 28.6. The van der Waals surface area contributed by atoms with E-state index in [0.717, 1.165) is 98.0 Å². The molecule has 2 aliphatic rings. The van der Waals surface area contributed by atoms with Crippen LogP contribution in [0.3, 0.4) is 0 Å². The van der Waals surface area contributed by atoms with Gasteiger partial charge in [-0.3, -0.25) is 14.2 Å². The van der Waals surface area contributed by atoms with Crippen LogP contribution in [0.5, 0.6) is 23.0 Å². The van der Waals surface area contributed by atoms with Gasteiger partial charge in [0.2, 0.25) is 0 Å². The second kappa shape index (κ2) is 27.2. The van der Waals surface area contributed by atoms with Gasteiger partial charge in [-0.15, -0.1) is 0 Å². The van der Waals surface area contributed by atoms with Gasteiger partial charge in [0.25, 0.3) is 5.91 Å². The zero-order valence-corrected chi connectivity index (χ0v) is 52.9. The van der Waals surface area contributed by atoms with E-state index in [2.05, 4.69) is 48.5 Å². The van der Waals surface area contributed by atoms with E-state index in [9.17, 15) is 27.6 Å². The number of benzene rings is 3. The number of carbonyl (C=O) groups excluding carboxylic acids is 3. The summed E-state index contributed by atoms with van der Waals surface area (Å²) in [5.41, 5.74) is 3.02. The van der Waals surface area contributed by atoms with Gasteiger partial charge in [-0.25, -0.2) is 24.5 Å². The lowest BCUT2D eigenvalue weighted by Crippen LogP contribution is -2.43. The molecule has 0 unspecified atom stereocenters. The lowest BCUT2D eigenvalue weighted by atomic mass is 10.0. The topological polar surface area (TPSA) is 223 Å². The van der Waals surface area contributed by atoms with Crippen LogP contribution in [0.4, 0.5) is 40.2 Å². The number of halogens is 4. The fraction of sp³-hybridized carbons (Fsp3) is 0.397. The number of nitrogens with zero attached hydrogens (tertiary/aromatic N) is 9. The van der Waals surface area contributed by atoms with Crippen molar-refractivity contribution in [3.05, 3.63) is 129 Å². The van der Waals surface area contributed by atoms with Crippen molar-refractivity contribution in [1.29, 1.82) is 0 Å². The Bertz CT molecular complexity index is 3790. The second-order valence-electron chi connectivity index (χ2n) is 23.1. The van der Waals surface area contributed by atoms with Crippen LogP contribution in [0.1, 0.15) is 106 Å². The zero-order valence-electron chi connectivity index (χ0n) is 50.8. The Hall–Kier alpha value is -8.62. The van der Waals surface area contributed by atoms with Crippen molar-refractivity contribution in [3.63, 3.8) is 0 Å². The number of aromatic nitrogens is 7. The summed E-state index contributed by atoms with van der Waals surface area (Å²) in [5.74, 6) is 3.26. The van der Waals surface area contributed by atoms with Crippen molar-refractivity contribution in [1.82, 2.24) is 44.3 Å². The highest BCUT2D eigenvalue weighted by Crippen LogP contribution is 2.39. The molecule has 0 saturated carbocycles. The first-order valence-corrected chi connectivity index (χ1v) is 29.7. The van der Waals surface area contributed by atoms with E-state index >= 15 is 0 Å². The van der Waals surface area contributed by atoms with Gasteiger partial charge in [-0.05, 0) is 150 Å². The number of anilines is 3. The number of likely N-dealkylation sites (tertiary alicyclic amines) is 2. The minimum Gasteiger partial charge on any atom is -0.497 e. The molecular formula is C63H72F3IN12O9. The quantitative estimate of drug-likeness (QED) is 0.0812. The van der Waals surface area contributed by atoms with E-state index in [0.29, 0.717) is 67.8 Å². The maximum absolute atomic E-state index is 13.2. The molecule has 25 heteroatoms. The summed E-state index contributed by atoms with van der Waals surface area (Å²) in [5, 5.41) is 21.0. The predicted molar refractivity (Wildman–Crippen MR) is 336 cm³/mol. The smallest absolute Gasteiger partial charge is 0.416 e. The molecule has 5 aromatic heterocycles. The fourth-order valence-electron chi connectivity index (χ4n) is 10.4. The zero-order chi connectivity index (χ0) is 63.1. The van der Waals surface area contributed by atoms with E-state index in [4.69, 9.17) is 43.6 Å². The van der Waals surface area contributed by atoms with Crippen LogP contribution in [0.25, 0.3) is 33.1 Å². The summed E-state index contributed by atoms with van der Waals surface area (Å²) in [6, 6.07) is 23.3. The molecule has 8 aromatic rings. The standard InChI is InChI=1S/C38H40F3N7O5.C25H32IN5O4/c1-37(2,3)53-36(50)47-18-6-7-27(22-47)48-29-15-17-43-34(44-21-25-12-13-28(51-4)20-30(25)52-5)32(29)33(46-48)23-8-10-24(11-9-23)35(49)45-31-19-26(14-16-42-31)38(39,40)41;1-25(2,3)35-24(32)30-12-6-7-17(15-30)31-19-10-11-27-23(21(19)22(26)29-31)28-14-16-8-9-18(33-4)13-20(16)34-5/h8-17,19-20,27H,6-7,18,21-22H2,1-5H3,(H,43,44)(H,42,45,49);8-11,13,17H,6-7,12,14-15H2,1-5H3,(H,27,28)/t27-;17-/m11/s1. The number of hydrogen-bond acceptors (Lipinski definition) is 16. The van der Waals surface area contributed by atoms with Gasteiger partial charge in [-0.2, -0.15) is 23.4 Å². The highest BCUT2D eigenvalue weighted by molar-refractivity contribution is 14.1. The Labute approximate surface area is 521 Å². The minimum atomic E-state index is -4.58. The third kappa shape index (κ3) is 15.4. The molecule has 2 aliphatic heterocycles. The molecule has 0 bridgehead atoms. The van der Waals surface area contributed by atoms with Gasteiger partial charge < -0.3 is 54.2 Å². The number of fused-ring (bicyclic) bond motifs is 2. The second-order valence-corrected chi connectivity index (χ2v) is 24.1. The average molecular weight is 1330 g/mol. The third-order valence-corrected chi connectivity index (χ3v) is 15.4. The van der Waals surface area contributed by atoms with Crippen molar-refractivity contribution >= 4 is 79.9 Å². The Morgan fingerprint density at radius 3 is 1.58 bits per heavy atom. The number of pyridine rings is 3. The van der Waals surface area contributed by atoms with Gasteiger partial charge in [0.1, 0.15) is 61.0 Å². The number of carbonyl (C=O) groups is 3. The number of hydrogen-bond donors (Lipinski definition) is 3. The molecule has 3 N–H and O–H groups in total. The maximum Gasteiger partial charge on any atom is 0.416 e. The van der Waals surface area contributed by atoms with Crippen LogP contribution >= 0.6 is 22.6 Å². The molecule has 3 amide bonds. The van der Waals surface area contributed by atoms with Crippen LogP contribution in [0.15, 0.2) is 104 Å². The minimum absolute atomic E-state index is 0.0687. The molecule has 10 rings (SSSR count). The normalized spacial score (nSPS) is 15.4. The molecule has 7 heterocycles. The molecule has 3 aromatic carbocycles. The Morgan fingerprint density at radius 2 is 1.09 bits per heavy atom. The first-order chi connectivity index (χ1) is 41.9. The Balaban J connectivity index is 0.000000228. The summed E-state index contributed by atoms with van der Waals surface area (Å²) in [6.45, 7) is 14.3. The van der Waals surface area contributed by atoms with E-state index in [1.54, 1.807) is 81.0 Å². The van der Waals surface area contributed by atoms with Crippen LogP contribution in [-0.4, -0.2) is 128 Å². The largest absolute Gasteiger partial charge is 0.497 e. The number of nitrogens with one attached hydrogen (secondary N) is 3. The van der Waals surface area contributed by atoms with Crippen molar-refractivity contribution < 1.29 is 56.0 Å². The monoisotopic (exact) mass is 1320 g/mol. The van der Waals surface area contributed by atoms with E-state index in [-0.39, 0.29) is 35.7 Å². The van der Waals surface area contributed by atoms with E-state index in [1.165, 1.54) is 0 Å². The maximum atomic E-state index is 13.2. The van der Waals surface area contributed by atoms with Gasteiger partial charge in [0.05, 0.1) is 67.9 Å². The summed E-state index contributed by atoms with van der Waals surface area (Å²) < 4.78 is 77.5. The number of methoxy groups -OCH3 is 4. The number of alkyl halides is 3. The fourth-order valence-corrected chi connectivity index (χ4v) is 11.2. The highest BCUT2D eigenvalue weighted by Gasteiger charge is 2.34. The van der Waals surface area contributed by atoms with E-state index < -0.39 is 28.8 Å². The number of piperidine rings is 2. The molecule has 2 atom stereocenters. The van der Waals surface area contributed by atoms with Crippen molar-refractivity contribution in [2.24, 2.45) is 0 Å². The van der Waals surface area contributed by atoms with Gasteiger partial charge >= 0.3 is 18.4 Å². The van der Waals surface area contributed by atoms with E-state index in [1.807, 2.05) is 93.4 Å². The van der Waals surface area contributed by atoms with Crippen LogP contribution in [-0.2, 0) is 28.7 Å².